The highest BCUT2D eigenvalue weighted by Crippen LogP contribution is 2.18. The molecule has 0 spiro atoms. The van der Waals surface area contributed by atoms with Gasteiger partial charge in [0, 0.05) is 13.2 Å². The predicted octanol–water partition coefficient (Wildman–Crippen LogP) is 1.05. The molecule has 1 amide bonds. The molecule has 0 aromatic heterocycles. The molecule has 0 saturated carbocycles. The molecule has 1 aromatic rings. The average Bonchev–Trinajstić information content (AvgIpc) is 2.30. The van der Waals surface area contributed by atoms with E-state index in [9.17, 15) is 13.6 Å². The first-order valence-electron chi connectivity index (χ1n) is 5.20. The van der Waals surface area contributed by atoms with E-state index in [1.165, 1.54) is 0 Å². The Morgan fingerprint density at radius 1 is 1.35 bits per heavy atom. The lowest BCUT2D eigenvalue weighted by atomic mass is 10.1. The van der Waals surface area contributed by atoms with Crippen LogP contribution in [-0.4, -0.2) is 24.2 Å². The number of anilines is 1. The molecule has 0 heterocycles. The van der Waals surface area contributed by atoms with Gasteiger partial charge in [-0.05, 0) is 25.0 Å². The van der Waals surface area contributed by atoms with Gasteiger partial charge in [0.2, 0.25) is 0 Å². The van der Waals surface area contributed by atoms with Gasteiger partial charge in [-0.15, -0.1) is 0 Å². The quantitative estimate of drug-likeness (QED) is 0.535. The fraction of sp³-hybridized carbons (Fsp3) is 0.364. The van der Waals surface area contributed by atoms with Gasteiger partial charge >= 0.3 is 0 Å². The molecule has 0 atom stereocenters. The number of aliphatic hydroxyl groups is 1. The van der Waals surface area contributed by atoms with Gasteiger partial charge in [0.15, 0.2) is 5.82 Å². The minimum atomic E-state index is -1.05. The third-order valence-electron chi connectivity index (χ3n) is 2.22. The van der Waals surface area contributed by atoms with E-state index in [4.69, 9.17) is 10.8 Å². The number of nitrogen functional groups attached to an aromatic ring is 1. The Morgan fingerprint density at radius 3 is 2.71 bits per heavy atom. The SMILES string of the molecule is Nc1ccc(F)c(C(=O)NCCCCO)c1F. The van der Waals surface area contributed by atoms with Crippen LogP contribution in [-0.2, 0) is 0 Å². The molecule has 4 nitrogen and oxygen atoms in total. The van der Waals surface area contributed by atoms with Gasteiger partial charge in [-0.25, -0.2) is 8.78 Å². The average molecular weight is 244 g/mol. The molecule has 0 unspecified atom stereocenters. The second-order valence-corrected chi connectivity index (χ2v) is 3.51. The van der Waals surface area contributed by atoms with Crippen molar-refractivity contribution >= 4 is 11.6 Å². The molecular formula is C11H14F2N2O2. The lowest BCUT2D eigenvalue weighted by Gasteiger charge is -2.08. The molecule has 0 aliphatic rings. The van der Waals surface area contributed by atoms with E-state index >= 15 is 0 Å². The molecule has 17 heavy (non-hydrogen) atoms. The summed E-state index contributed by atoms with van der Waals surface area (Å²) in [5, 5.41) is 10.9. The number of nitrogens with one attached hydrogen (secondary N) is 1. The molecule has 0 bridgehead atoms. The highest BCUT2D eigenvalue weighted by atomic mass is 19.1. The maximum absolute atomic E-state index is 13.4. The standard InChI is InChI=1S/C11H14F2N2O2/c12-7-3-4-8(14)10(13)9(7)11(17)15-5-1-2-6-16/h3-4,16H,1-2,5-6,14H2,(H,15,17). The molecule has 0 radical (unpaired) electrons. The van der Waals surface area contributed by atoms with Crippen LogP contribution in [0, 0.1) is 11.6 Å². The Balaban J connectivity index is 2.72. The fourth-order valence-electron chi connectivity index (χ4n) is 1.30. The highest BCUT2D eigenvalue weighted by molar-refractivity contribution is 5.95. The lowest BCUT2D eigenvalue weighted by molar-refractivity contribution is 0.0943. The Bertz CT molecular complexity index is 411. The van der Waals surface area contributed by atoms with Crippen LogP contribution in [0.15, 0.2) is 12.1 Å². The minimum Gasteiger partial charge on any atom is -0.396 e. The van der Waals surface area contributed by atoms with E-state index in [0.29, 0.717) is 12.8 Å². The van der Waals surface area contributed by atoms with Gasteiger partial charge < -0.3 is 16.2 Å². The molecule has 0 saturated heterocycles. The van der Waals surface area contributed by atoms with Gasteiger partial charge in [-0.3, -0.25) is 4.79 Å². The zero-order chi connectivity index (χ0) is 12.8. The van der Waals surface area contributed by atoms with Gasteiger partial charge in [0.05, 0.1) is 5.69 Å². The maximum Gasteiger partial charge on any atom is 0.257 e. The summed E-state index contributed by atoms with van der Waals surface area (Å²) in [6.45, 7) is 0.254. The van der Waals surface area contributed by atoms with Crippen LogP contribution < -0.4 is 11.1 Å². The molecule has 0 fully saturated rings. The van der Waals surface area contributed by atoms with E-state index in [-0.39, 0.29) is 18.8 Å². The van der Waals surface area contributed by atoms with Crippen LogP contribution in [0.2, 0.25) is 0 Å². The number of hydrogen-bond acceptors (Lipinski definition) is 3. The summed E-state index contributed by atoms with van der Waals surface area (Å²) in [4.78, 5) is 11.5. The monoisotopic (exact) mass is 244 g/mol. The molecule has 4 N–H and O–H groups in total. The van der Waals surface area contributed by atoms with E-state index in [2.05, 4.69) is 5.32 Å². The van der Waals surface area contributed by atoms with Crippen molar-refractivity contribution in [3.05, 3.63) is 29.3 Å². The number of aliphatic hydroxyl groups excluding tert-OH is 1. The zero-order valence-electron chi connectivity index (χ0n) is 9.17. The number of halogens is 2. The van der Waals surface area contributed by atoms with E-state index in [1.807, 2.05) is 0 Å². The summed E-state index contributed by atoms with van der Waals surface area (Å²) in [5.41, 5.74) is 4.31. The van der Waals surface area contributed by atoms with Crippen LogP contribution >= 0.6 is 0 Å². The largest absolute Gasteiger partial charge is 0.396 e. The zero-order valence-corrected chi connectivity index (χ0v) is 9.17. The fourth-order valence-corrected chi connectivity index (χ4v) is 1.30. The van der Waals surface area contributed by atoms with Crippen molar-refractivity contribution in [2.24, 2.45) is 0 Å². The summed E-state index contributed by atoms with van der Waals surface area (Å²) in [6.07, 6.45) is 1.05. The molecule has 1 rings (SSSR count). The number of carbonyl (C=O) groups excluding carboxylic acids is 1. The normalized spacial score (nSPS) is 10.3. The topological polar surface area (TPSA) is 75.4 Å². The van der Waals surface area contributed by atoms with Crippen molar-refractivity contribution in [1.29, 1.82) is 0 Å². The van der Waals surface area contributed by atoms with Gasteiger partial charge in [0.1, 0.15) is 11.4 Å². The molecule has 6 heteroatoms. The Morgan fingerprint density at radius 2 is 2.06 bits per heavy atom. The Kier molecular flexibility index (Phi) is 4.84. The maximum atomic E-state index is 13.4. The number of hydrogen-bond donors (Lipinski definition) is 3. The van der Waals surface area contributed by atoms with Crippen molar-refractivity contribution in [1.82, 2.24) is 5.32 Å². The first kappa shape index (κ1) is 13.4. The summed E-state index contributed by atoms with van der Waals surface area (Å²) in [5.74, 6) is -2.84. The minimum absolute atomic E-state index is 0.0108. The lowest BCUT2D eigenvalue weighted by Crippen LogP contribution is -2.27. The van der Waals surface area contributed by atoms with Crippen LogP contribution in [0.1, 0.15) is 23.2 Å². The number of unbranched alkanes of at least 4 members (excludes halogenated alkanes) is 1. The molecule has 94 valence electrons. The van der Waals surface area contributed by atoms with Gasteiger partial charge in [-0.1, -0.05) is 0 Å². The summed E-state index contributed by atoms with van der Waals surface area (Å²) < 4.78 is 26.7. The number of benzene rings is 1. The van der Waals surface area contributed by atoms with Crippen molar-refractivity contribution in [2.75, 3.05) is 18.9 Å². The number of rotatable bonds is 5. The highest BCUT2D eigenvalue weighted by Gasteiger charge is 2.18. The second kappa shape index (κ2) is 6.15. The molecule has 0 aliphatic carbocycles. The van der Waals surface area contributed by atoms with Crippen molar-refractivity contribution in [3.8, 4) is 0 Å². The molecular weight excluding hydrogens is 230 g/mol. The third kappa shape index (κ3) is 3.39. The van der Waals surface area contributed by atoms with Gasteiger partial charge in [-0.2, -0.15) is 0 Å². The van der Waals surface area contributed by atoms with Crippen LogP contribution in [0.4, 0.5) is 14.5 Å². The summed E-state index contributed by atoms with van der Waals surface area (Å²) >= 11 is 0. The molecule has 1 aromatic carbocycles. The van der Waals surface area contributed by atoms with Crippen molar-refractivity contribution in [3.63, 3.8) is 0 Å². The van der Waals surface area contributed by atoms with Crippen molar-refractivity contribution in [2.45, 2.75) is 12.8 Å². The Labute approximate surface area is 97.4 Å². The van der Waals surface area contributed by atoms with E-state index in [0.717, 1.165) is 12.1 Å². The smallest absolute Gasteiger partial charge is 0.257 e. The second-order valence-electron chi connectivity index (χ2n) is 3.51. The Hall–Kier alpha value is -1.69. The summed E-state index contributed by atoms with van der Waals surface area (Å²) in [7, 11) is 0. The first-order valence-corrected chi connectivity index (χ1v) is 5.20. The van der Waals surface area contributed by atoms with Crippen LogP contribution in [0.5, 0.6) is 0 Å². The van der Waals surface area contributed by atoms with Crippen LogP contribution in [0.3, 0.4) is 0 Å². The van der Waals surface area contributed by atoms with Crippen molar-refractivity contribution < 1.29 is 18.7 Å². The van der Waals surface area contributed by atoms with E-state index in [1.54, 1.807) is 0 Å². The van der Waals surface area contributed by atoms with Crippen LogP contribution in [0.25, 0.3) is 0 Å². The first-order chi connectivity index (χ1) is 8.07. The van der Waals surface area contributed by atoms with Gasteiger partial charge in [0.25, 0.3) is 5.91 Å². The van der Waals surface area contributed by atoms with E-state index < -0.39 is 23.1 Å². The number of carbonyl (C=O) groups is 1. The summed E-state index contributed by atoms with van der Waals surface area (Å²) in [6, 6.07) is 2.01. The predicted molar refractivity (Wildman–Crippen MR) is 59.4 cm³/mol. The number of amides is 1. The number of nitrogens with two attached hydrogens (primary N) is 1. The third-order valence-corrected chi connectivity index (χ3v) is 2.22. The molecule has 0 aliphatic heterocycles.